The van der Waals surface area contributed by atoms with E-state index in [0.29, 0.717) is 34.8 Å². The van der Waals surface area contributed by atoms with E-state index in [1.165, 1.54) is 6.07 Å². The first-order valence-corrected chi connectivity index (χ1v) is 28.5. The second kappa shape index (κ2) is 35.5. The van der Waals surface area contributed by atoms with Crippen molar-refractivity contribution in [3.05, 3.63) is 94.5 Å². The number of hydrogen-bond donors (Lipinski definition) is 12. The Balaban J connectivity index is 0.000000428. The number of amides is 4. The van der Waals surface area contributed by atoms with Crippen LogP contribution in [-0.2, 0) is 38.1 Å². The lowest BCUT2D eigenvalue weighted by Crippen LogP contribution is -2.46. The van der Waals surface area contributed by atoms with Crippen molar-refractivity contribution in [2.75, 3.05) is 49.4 Å². The lowest BCUT2D eigenvalue weighted by atomic mass is 10.2. The molecule has 5 rings (SSSR count). The van der Waals surface area contributed by atoms with Crippen LogP contribution in [0, 0.1) is 24.4 Å². The molecule has 5 aromatic rings. The SMILES string of the molecule is CC(C)(C)OC(=O)N[C@@H](COc1cc(F)cc(F)c1N)C(=O)O.CC(C)(C)OC(=O)N[C@@H](COc1ccc(Br)cc1N)C(=O)O.CC(C)(C)OC(=O)N[C@@H](COc1ccc(F)cc1N)C(=O)O.Cc1noc(-c2ccc(OC[C@H](NC(=O)OC(C)(C)C)C(=O)O)c(N)c2)n1. The first-order valence-electron chi connectivity index (χ1n) is 27.7. The number of hydrogen-bond acceptors (Lipinski definition) is 23. The van der Waals surface area contributed by atoms with E-state index in [1.54, 1.807) is 126 Å². The van der Waals surface area contributed by atoms with E-state index < -0.39 is 125 Å². The second-order valence-electron chi connectivity index (χ2n) is 23.5. The van der Waals surface area contributed by atoms with Gasteiger partial charge in [-0.15, -0.1) is 0 Å². The van der Waals surface area contributed by atoms with Crippen LogP contribution in [0.3, 0.4) is 0 Å². The summed E-state index contributed by atoms with van der Waals surface area (Å²) in [4.78, 5) is 95.3. The minimum atomic E-state index is -1.49. The lowest BCUT2D eigenvalue weighted by molar-refractivity contribution is -0.141. The van der Waals surface area contributed by atoms with Crippen molar-refractivity contribution < 1.29 is 114 Å². The number of nitrogen functional groups attached to an aromatic ring is 4. The molecular formula is C59H78BrF3N10O21. The van der Waals surface area contributed by atoms with E-state index in [2.05, 4.69) is 47.3 Å². The number of carbonyl (C=O) groups excluding carboxylic acids is 4. The van der Waals surface area contributed by atoms with Crippen LogP contribution in [0.2, 0.25) is 0 Å². The molecule has 1 heterocycles. The quantitative estimate of drug-likeness (QED) is 0.0244. The zero-order valence-corrected chi connectivity index (χ0v) is 55.0. The number of carbonyl (C=O) groups is 8. The highest BCUT2D eigenvalue weighted by molar-refractivity contribution is 9.10. The maximum Gasteiger partial charge on any atom is 0.408 e. The molecule has 0 aliphatic heterocycles. The number of nitrogens with zero attached hydrogens (tertiary/aromatic N) is 2. The maximum atomic E-state index is 13.3. The molecular weight excluding hydrogens is 1320 g/mol. The topological polar surface area (TPSA) is 482 Å². The Morgan fingerprint density at radius 3 is 1.12 bits per heavy atom. The van der Waals surface area contributed by atoms with Gasteiger partial charge in [-0.3, -0.25) is 0 Å². The lowest BCUT2D eigenvalue weighted by Gasteiger charge is -2.22. The molecule has 16 N–H and O–H groups in total. The normalized spacial score (nSPS) is 12.4. The molecule has 1 aromatic heterocycles. The van der Waals surface area contributed by atoms with Crippen molar-refractivity contribution in [1.29, 1.82) is 0 Å². The third-order valence-electron chi connectivity index (χ3n) is 10.4. The Morgan fingerprint density at radius 1 is 0.479 bits per heavy atom. The number of nitrogens with two attached hydrogens (primary N) is 4. The largest absolute Gasteiger partial charge is 0.489 e. The van der Waals surface area contributed by atoms with Gasteiger partial charge in [0, 0.05) is 28.2 Å². The molecule has 0 radical (unpaired) electrons. The number of ether oxygens (including phenoxy) is 8. The summed E-state index contributed by atoms with van der Waals surface area (Å²) in [6.45, 7) is 19.9. The van der Waals surface area contributed by atoms with Gasteiger partial charge < -0.3 is 107 Å². The van der Waals surface area contributed by atoms with Crippen LogP contribution >= 0.6 is 15.9 Å². The van der Waals surface area contributed by atoms with Gasteiger partial charge >= 0.3 is 48.3 Å². The van der Waals surface area contributed by atoms with E-state index in [-0.39, 0.29) is 48.4 Å². The van der Waals surface area contributed by atoms with Crippen LogP contribution in [0.5, 0.6) is 23.0 Å². The summed E-state index contributed by atoms with van der Waals surface area (Å²) in [6, 6.07) is 9.16. The molecule has 0 saturated carbocycles. The first-order chi connectivity index (χ1) is 43.2. The number of alkyl carbamates (subject to hydrolysis) is 4. The first kappa shape index (κ1) is 79.7. The summed E-state index contributed by atoms with van der Waals surface area (Å²) in [5.74, 6) is -6.57. The number of nitrogens with one attached hydrogen (secondary N) is 4. The van der Waals surface area contributed by atoms with Crippen molar-refractivity contribution in [2.24, 2.45) is 0 Å². The number of aryl methyl sites for hydroxylation is 1. The molecule has 518 valence electrons. The Labute approximate surface area is 545 Å². The summed E-state index contributed by atoms with van der Waals surface area (Å²) < 4.78 is 86.0. The highest BCUT2D eigenvalue weighted by atomic mass is 79.9. The van der Waals surface area contributed by atoms with Crippen LogP contribution in [0.1, 0.15) is 88.9 Å². The Hall–Kier alpha value is -10.3. The number of aromatic nitrogens is 2. The van der Waals surface area contributed by atoms with Gasteiger partial charge in [0.1, 0.15) is 89.2 Å². The molecule has 0 spiro atoms. The number of rotatable bonds is 21. The summed E-state index contributed by atoms with van der Waals surface area (Å²) in [6.07, 6.45) is -3.52. The van der Waals surface area contributed by atoms with Crippen LogP contribution in [0.4, 0.5) is 55.1 Å². The molecule has 4 amide bonds. The molecule has 0 aliphatic carbocycles. The van der Waals surface area contributed by atoms with Gasteiger partial charge in [-0.25, -0.2) is 51.5 Å². The van der Waals surface area contributed by atoms with Gasteiger partial charge in [0.05, 0.1) is 17.1 Å². The number of carboxylic acid groups (broad SMARTS) is 4. The second-order valence-corrected chi connectivity index (χ2v) is 24.4. The fraction of sp³-hybridized carbons (Fsp3) is 0.424. The molecule has 4 aromatic carbocycles. The molecule has 35 heteroatoms. The van der Waals surface area contributed by atoms with Crippen molar-refractivity contribution in [3.8, 4) is 34.5 Å². The minimum Gasteiger partial charge on any atom is -0.489 e. The number of carboxylic acids is 4. The molecule has 0 aliphatic rings. The molecule has 4 atom stereocenters. The molecule has 0 saturated heterocycles. The predicted octanol–water partition coefficient (Wildman–Crippen LogP) is 8.04. The zero-order chi connectivity index (χ0) is 71.8. The summed E-state index contributed by atoms with van der Waals surface area (Å²) >= 11 is 3.26. The highest BCUT2D eigenvalue weighted by Gasteiger charge is 2.29. The third kappa shape index (κ3) is 31.6. The minimum absolute atomic E-state index is 0.0291. The van der Waals surface area contributed by atoms with Gasteiger partial charge in [-0.2, -0.15) is 4.98 Å². The van der Waals surface area contributed by atoms with Gasteiger partial charge in [0.25, 0.3) is 5.89 Å². The third-order valence-corrected chi connectivity index (χ3v) is 10.9. The number of aliphatic carboxylic acids is 4. The number of anilines is 4. The van der Waals surface area contributed by atoms with E-state index in [9.17, 15) is 56.6 Å². The molecule has 0 fully saturated rings. The monoisotopic (exact) mass is 1400 g/mol. The van der Waals surface area contributed by atoms with Gasteiger partial charge in [-0.05, 0) is 139 Å². The number of benzene rings is 4. The average molecular weight is 1400 g/mol. The Bertz CT molecular complexity index is 3330. The summed E-state index contributed by atoms with van der Waals surface area (Å²) in [5, 5.41) is 48.9. The molecule has 0 unspecified atom stereocenters. The van der Waals surface area contributed by atoms with Crippen LogP contribution in [-0.4, -0.2) is 152 Å². The fourth-order valence-electron chi connectivity index (χ4n) is 6.40. The van der Waals surface area contributed by atoms with Crippen LogP contribution in [0.15, 0.2) is 75.7 Å². The van der Waals surface area contributed by atoms with E-state index in [4.69, 9.17) is 80.7 Å². The molecule has 94 heavy (non-hydrogen) atoms. The molecule has 31 nitrogen and oxygen atoms in total. The average Bonchev–Trinajstić information content (AvgIpc) is 1.43. The van der Waals surface area contributed by atoms with Crippen LogP contribution in [0.25, 0.3) is 11.5 Å². The van der Waals surface area contributed by atoms with Crippen molar-refractivity contribution in [2.45, 2.75) is 137 Å². The van der Waals surface area contributed by atoms with Gasteiger partial charge in [0.15, 0.2) is 35.8 Å². The van der Waals surface area contributed by atoms with E-state index in [0.717, 1.165) is 22.7 Å². The number of halogens is 4. The molecule has 0 bridgehead atoms. The van der Waals surface area contributed by atoms with Gasteiger partial charge in [0.2, 0.25) is 0 Å². The summed E-state index contributed by atoms with van der Waals surface area (Å²) in [5.41, 5.74) is 20.3. The van der Waals surface area contributed by atoms with Crippen molar-refractivity contribution >= 4 is 86.9 Å². The predicted molar refractivity (Wildman–Crippen MR) is 334 cm³/mol. The fourth-order valence-corrected chi connectivity index (χ4v) is 6.78. The van der Waals surface area contributed by atoms with E-state index in [1.807, 2.05) is 0 Å². The standard InChI is InChI=1S/C17H22N4O6.C14H19BrN2O5.C14H18F2N2O5.C14H19FN2O5/c1-9-19-14(27-21-9)10-5-6-13(11(18)7-10)25-8-12(15(22)23)20-16(24)26-17(2,3)4;1-14(2,3)22-13(20)17-10(12(18)19)7-21-11-5-4-8(15)6-9(11)16;1-14(2,3)23-13(21)18-9(12(19)20)6-22-10-5-7(15)4-8(16)11(10)17;1-14(2,3)22-13(20)17-10(12(18)19)7-21-11-5-4-8(15)6-9(11)16/h5-7,12H,8,18H2,1-4H3,(H,20,24)(H,22,23);4-6,10H,7,16H2,1-3H3,(H,17,20)(H,18,19);4-5,9H,6,17H2,1-3H3,(H,18,21)(H,19,20);4-6,10H,7,16H2,1-3H3,(H,17,20)(H,18,19)/t12-;10-;9-;10-/m0000/s1. The highest BCUT2D eigenvalue weighted by Crippen LogP contribution is 2.30. The van der Waals surface area contributed by atoms with Crippen LogP contribution < -0.4 is 63.1 Å². The zero-order valence-electron chi connectivity index (χ0n) is 53.4. The maximum absolute atomic E-state index is 13.3. The van der Waals surface area contributed by atoms with Crippen molar-refractivity contribution in [3.63, 3.8) is 0 Å². The van der Waals surface area contributed by atoms with Crippen molar-refractivity contribution in [1.82, 2.24) is 31.4 Å². The summed E-state index contributed by atoms with van der Waals surface area (Å²) in [7, 11) is 0. The van der Waals surface area contributed by atoms with E-state index >= 15 is 0 Å². The van der Waals surface area contributed by atoms with Gasteiger partial charge in [-0.1, -0.05) is 21.1 Å². The smallest absolute Gasteiger partial charge is 0.408 e. The Kier molecular flexibility index (Phi) is 30.1. The Morgan fingerprint density at radius 2 is 0.809 bits per heavy atom.